The van der Waals surface area contributed by atoms with Crippen LogP contribution in [0.1, 0.15) is 55.9 Å². The zero-order valence-corrected chi connectivity index (χ0v) is 18.4. The Morgan fingerprint density at radius 1 is 0.931 bits per heavy atom. The van der Waals surface area contributed by atoms with Crippen LogP contribution >= 0.6 is 0 Å². The van der Waals surface area contributed by atoms with Gasteiger partial charge in [0, 0.05) is 12.6 Å². The molecule has 0 fully saturated rings. The molecule has 2 aromatic rings. The Morgan fingerprint density at radius 3 is 2.21 bits per heavy atom. The van der Waals surface area contributed by atoms with Crippen LogP contribution in [0.5, 0.6) is 0 Å². The number of nitrogens with one attached hydrogen (secondary N) is 1. The summed E-state index contributed by atoms with van der Waals surface area (Å²) in [5.41, 5.74) is 4.30. The molecule has 0 saturated carbocycles. The van der Waals surface area contributed by atoms with Crippen LogP contribution in [-0.2, 0) is 22.6 Å². The summed E-state index contributed by atoms with van der Waals surface area (Å²) < 4.78 is 0. The van der Waals surface area contributed by atoms with E-state index in [1.165, 1.54) is 5.56 Å². The summed E-state index contributed by atoms with van der Waals surface area (Å²) in [4.78, 5) is 28.0. The molecule has 156 valence electrons. The van der Waals surface area contributed by atoms with E-state index in [4.69, 9.17) is 0 Å². The normalized spacial score (nSPS) is 12.9. The van der Waals surface area contributed by atoms with Gasteiger partial charge in [0.1, 0.15) is 6.04 Å². The second-order valence-electron chi connectivity index (χ2n) is 7.91. The quantitative estimate of drug-likeness (QED) is 0.677. The molecule has 0 aliphatic carbocycles. The van der Waals surface area contributed by atoms with Crippen LogP contribution < -0.4 is 5.32 Å². The Morgan fingerprint density at radius 2 is 1.62 bits per heavy atom. The first-order valence-corrected chi connectivity index (χ1v) is 10.5. The summed E-state index contributed by atoms with van der Waals surface area (Å²) in [6.07, 6.45) is 1.73. The third-order valence-electron chi connectivity index (χ3n) is 5.30. The first-order chi connectivity index (χ1) is 13.8. The molecule has 0 heterocycles. The van der Waals surface area contributed by atoms with Gasteiger partial charge in [0.05, 0.1) is 6.42 Å². The maximum atomic E-state index is 13.3. The van der Waals surface area contributed by atoms with E-state index in [0.717, 1.165) is 23.1 Å². The molecule has 0 saturated heterocycles. The van der Waals surface area contributed by atoms with Crippen molar-refractivity contribution in [3.63, 3.8) is 0 Å². The zero-order valence-electron chi connectivity index (χ0n) is 18.4. The molecule has 2 amide bonds. The minimum atomic E-state index is -0.484. The first kappa shape index (κ1) is 22.7. The van der Waals surface area contributed by atoms with Gasteiger partial charge in [-0.3, -0.25) is 9.59 Å². The Kier molecular flexibility index (Phi) is 8.44. The number of carbonyl (C=O) groups excluding carboxylic acids is 2. The molecule has 0 bridgehead atoms. The Labute approximate surface area is 175 Å². The fraction of sp³-hybridized carbons (Fsp3) is 0.440. The van der Waals surface area contributed by atoms with Crippen LogP contribution in [0, 0.1) is 13.8 Å². The predicted molar refractivity (Wildman–Crippen MR) is 119 cm³/mol. The van der Waals surface area contributed by atoms with Crippen molar-refractivity contribution in [3.05, 3.63) is 70.8 Å². The first-order valence-electron chi connectivity index (χ1n) is 10.5. The van der Waals surface area contributed by atoms with Crippen LogP contribution in [0.15, 0.2) is 48.5 Å². The van der Waals surface area contributed by atoms with Gasteiger partial charge >= 0.3 is 0 Å². The standard InChI is InChI=1S/C25H34N2O2/c1-6-20(5)26-25(29)23(7-2)27(17-21-13-11-18(3)12-14-21)24(28)16-22-10-8-9-19(4)15-22/h8-15,20,23H,6-7,16-17H2,1-5H3,(H,26,29). The van der Waals surface area contributed by atoms with Crippen LogP contribution in [0.2, 0.25) is 0 Å². The summed E-state index contributed by atoms with van der Waals surface area (Å²) >= 11 is 0. The van der Waals surface area contributed by atoms with Gasteiger partial charge in [-0.2, -0.15) is 0 Å². The van der Waals surface area contributed by atoms with E-state index in [9.17, 15) is 9.59 Å². The number of benzene rings is 2. The van der Waals surface area contributed by atoms with Gasteiger partial charge in [-0.25, -0.2) is 0 Å². The second-order valence-corrected chi connectivity index (χ2v) is 7.91. The number of carbonyl (C=O) groups is 2. The highest BCUT2D eigenvalue weighted by molar-refractivity contribution is 5.88. The third-order valence-corrected chi connectivity index (χ3v) is 5.30. The van der Waals surface area contributed by atoms with Crippen molar-refractivity contribution in [3.8, 4) is 0 Å². The zero-order chi connectivity index (χ0) is 21.4. The van der Waals surface area contributed by atoms with E-state index < -0.39 is 6.04 Å². The molecule has 4 nitrogen and oxygen atoms in total. The van der Waals surface area contributed by atoms with Crippen molar-refractivity contribution in [2.24, 2.45) is 0 Å². The molecule has 0 aromatic heterocycles. The highest BCUT2D eigenvalue weighted by Gasteiger charge is 2.29. The monoisotopic (exact) mass is 394 g/mol. The molecule has 0 spiro atoms. The number of hydrogen-bond acceptors (Lipinski definition) is 2. The molecule has 1 N–H and O–H groups in total. The van der Waals surface area contributed by atoms with E-state index >= 15 is 0 Å². The number of nitrogens with zero attached hydrogens (tertiary/aromatic N) is 1. The van der Waals surface area contributed by atoms with E-state index in [0.29, 0.717) is 19.4 Å². The van der Waals surface area contributed by atoms with Gasteiger partial charge in [0.2, 0.25) is 11.8 Å². The predicted octanol–water partition coefficient (Wildman–Crippen LogP) is 4.57. The van der Waals surface area contributed by atoms with E-state index in [2.05, 4.69) is 5.32 Å². The smallest absolute Gasteiger partial charge is 0.243 e. The number of hydrogen-bond donors (Lipinski definition) is 1. The molecule has 0 aliphatic rings. The van der Waals surface area contributed by atoms with Crippen molar-refractivity contribution in [1.29, 1.82) is 0 Å². The lowest BCUT2D eigenvalue weighted by molar-refractivity contribution is -0.141. The lowest BCUT2D eigenvalue weighted by Crippen LogP contribution is -2.51. The van der Waals surface area contributed by atoms with Gasteiger partial charge in [-0.1, -0.05) is 73.5 Å². The fourth-order valence-electron chi connectivity index (χ4n) is 3.35. The molecule has 29 heavy (non-hydrogen) atoms. The Hall–Kier alpha value is -2.62. The van der Waals surface area contributed by atoms with Crippen LogP contribution in [0.25, 0.3) is 0 Å². The maximum absolute atomic E-state index is 13.3. The molecule has 0 aliphatic heterocycles. The molecule has 2 atom stereocenters. The summed E-state index contributed by atoms with van der Waals surface area (Å²) in [7, 11) is 0. The Balaban J connectivity index is 2.28. The van der Waals surface area contributed by atoms with Gasteiger partial charge in [-0.15, -0.1) is 0 Å². The lowest BCUT2D eigenvalue weighted by atomic mass is 10.0. The van der Waals surface area contributed by atoms with Crippen molar-refractivity contribution in [1.82, 2.24) is 10.2 Å². The van der Waals surface area contributed by atoms with Gasteiger partial charge < -0.3 is 10.2 Å². The molecule has 0 radical (unpaired) electrons. The van der Waals surface area contributed by atoms with Crippen molar-refractivity contribution < 1.29 is 9.59 Å². The molecular formula is C25H34N2O2. The maximum Gasteiger partial charge on any atom is 0.243 e. The van der Waals surface area contributed by atoms with Gasteiger partial charge in [-0.05, 0) is 44.7 Å². The third kappa shape index (κ3) is 6.74. The van der Waals surface area contributed by atoms with E-state index in [-0.39, 0.29) is 17.9 Å². The lowest BCUT2D eigenvalue weighted by Gasteiger charge is -2.31. The minimum Gasteiger partial charge on any atom is -0.352 e. The van der Waals surface area contributed by atoms with Crippen LogP contribution in [0.3, 0.4) is 0 Å². The van der Waals surface area contributed by atoms with Crippen molar-refractivity contribution in [2.45, 2.75) is 72.5 Å². The Bertz CT molecular complexity index is 814. The topological polar surface area (TPSA) is 49.4 Å². The highest BCUT2D eigenvalue weighted by atomic mass is 16.2. The summed E-state index contributed by atoms with van der Waals surface area (Å²) in [5, 5.41) is 3.05. The average Bonchev–Trinajstić information content (AvgIpc) is 2.69. The summed E-state index contributed by atoms with van der Waals surface area (Å²) in [6, 6.07) is 15.7. The largest absolute Gasteiger partial charge is 0.352 e. The van der Waals surface area contributed by atoms with E-state index in [1.54, 1.807) is 4.90 Å². The molecule has 4 heteroatoms. The molecule has 2 rings (SSSR count). The van der Waals surface area contributed by atoms with Crippen molar-refractivity contribution >= 4 is 11.8 Å². The molecular weight excluding hydrogens is 360 g/mol. The van der Waals surface area contributed by atoms with Gasteiger partial charge in [0.15, 0.2) is 0 Å². The number of aryl methyl sites for hydroxylation is 2. The van der Waals surface area contributed by atoms with Crippen LogP contribution in [-0.4, -0.2) is 28.8 Å². The molecule has 2 unspecified atom stereocenters. The fourth-order valence-corrected chi connectivity index (χ4v) is 3.35. The average molecular weight is 395 g/mol. The number of rotatable bonds is 9. The molecule has 2 aromatic carbocycles. The summed E-state index contributed by atoms with van der Waals surface area (Å²) in [5.74, 6) is -0.103. The van der Waals surface area contributed by atoms with Crippen LogP contribution in [0.4, 0.5) is 0 Å². The number of amides is 2. The highest BCUT2D eigenvalue weighted by Crippen LogP contribution is 2.16. The summed E-state index contributed by atoms with van der Waals surface area (Å²) in [6.45, 7) is 10.5. The SMILES string of the molecule is CCC(C)NC(=O)C(CC)N(Cc1ccc(C)cc1)C(=O)Cc1cccc(C)c1. The van der Waals surface area contributed by atoms with E-state index in [1.807, 2.05) is 83.1 Å². The van der Waals surface area contributed by atoms with Gasteiger partial charge in [0.25, 0.3) is 0 Å². The second kappa shape index (κ2) is 10.8. The van der Waals surface area contributed by atoms with Crippen molar-refractivity contribution in [2.75, 3.05) is 0 Å². The minimum absolute atomic E-state index is 0.0256.